The molecule has 2 aromatic carbocycles. The summed E-state index contributed by atoms with van der Waals surface area (Å²) in [5.74, 6) is 0.722. The summed E-state index contributed by atoms with van der Waals surface area (Å²) in [6, 6.07) is 16.1. The molecule has 34 heavy (non-hydrogen) atoms. The number of aromatic nitrogens is 7. The first-order valence-corrected chi connectivity index (χ1v) is 11.4. The maximum atomic E-state index is 12.4. The number of ether oxygens (including phenoxy) is 1. The van der Waals surface area contributed by atoms with Crippen molar-refractivity contribution in [2.45, 2.75) is 25.2 Å². The van der Waals surface area contributed by atoms with E-state index in [2.05, 4.69) is 35.7 Å². The Morgan fingerprint density at radius 1 is 1.03 bits per heavy atom. The van der Waals surface area contributed by atoms with Crippen LogP contribution in [-0.4, -0.2) is 59.7 Å². The van der Waals surface area contributed by atoms with Crippen LogP contribution in [0.15, 0.2) is 59.8 Å². The van der Waals surface area contributed by atoms with Crippen LogP contribution >= 0.6 is 11.8 Å². The van der Waals surface area contributed by atoms with Gasteiger partial charge in [-0.15, -0.1) is 20.4 Å². The molecule has 0 saturated heterocycles. The number of hydrogen-bond donors (Lipinski definition) is 1. The number of methoxy groups -OCH3 is 1. The van der Waals surface area contributed by atoms with Crippen LogP contribution in [0.4, 0.5) is 5.69 Å². The van der Waals surface area contributed by atoms with Crippen LogP contribution in [0.2, 0.25) is 0 Å². The molecular formula is C22H22N8O3S. The Morgan fingerprint density at radius 2 is 1.79 bits per heavy atom. The summed E-state index contributed by atoms with van der Waals surface area (Å²) in [5.41, 5.74) is 1.88. The van der Waals surface area contributed by atoms with Gasteiger partial charge in [0, 0.05) is 17.8 Å². The van der Waals surface area contributed by atoms with E-state index in [0.29, 0.717) is 41.1 Å². The van der Waals surface area contributed by atoms with Crippen LogP contribution in [0.1, 0.15) is 23.1 Å². The number of hydrogen-bond acceptors (Lipinski definition) is 9. The van der Waals surface area contributed by atoms with Gasteiger partial charge in [0.25, 0.3) is 0 Å². The van der Waals surface area contributed by atoms with Gasteiger partial charge in [-0.3, -0.25) is 4.79 Å². The number of anilines is 1. The largest absolute Gasteiger partial charge is 0.465 e. The van der Waals surface area contributed by atoms with Crippen LogP contribution in [0.3, 0.4) is 0 Å². The van der Waals surface area contributed by atoms with Crippen LogP contribution in [0.25, 0.3) is 11.4 Å². The lowest BCUT2D eigenvalue weighted by Gasteiger charge is -2.08. The molecule has 174 valence electrons. The van der Waals surface area contributed by atoms with Crippen molar-refractivity contribution in [2.24, 2.45) is 0 Å². The number of tetrazole rings is 1. The predicted octanol–water partition coefficient (Wildman–Crippen LogP) is 2.52. The van der Waals surface area contributed by atoms with Gasteiger partial charge in [0.05, 0.1) is 18.4 Å². The molecule has 12 heteroatoms. The van der Waals surface area contributed by atoms with E-state index in [9.17, 15) is 9.59 Å². The third kappa shape index (κ3) is 5.46. The molecule has 0 radical (unpaired) electrons. The highest BCUT2D eigenvalue weighted by atomic mass is 32.2. The molecule has 0 aliphatic heterocycles. The number of nitrogens with one attached hydrogen (secondary N) is 1. The zero-order valence-corrected chi connectivity index (χ0v) is 19.4. The molecule has 1 amide bonds. The molecule has 0 bridgehead atoms. The second kappa shape index (κ2) is 10.7. The van der Waals surface area contributed by atoms with E-state index in [-0.39, 0.29) is 11.7 Å². The van der Waals surface area contributed by atoms with Gasteiger partial charge < -0.3 is 14.6 Å². The molecule has 4 aromatic rings. The lowest BCUT2D eigenvalue weighted by molar-refractivity contribution is -0.113. The number of rotatable bonds is 9. The van der Waals surface area contributed by atoms with E-state index in [1.54, 1.807) is 24.3 Å². The first-order chi connectivity index (χ1) is 16.6. The smallest absolute Gasteiger partial charge is 0.337 e. The Hall–Kier alpha value is -4.06. The Kier molecular flexibility index (Phi) is 7.28. The molecule has 2 heterocycles. The summed E-state index contributed by atoms with van der Waals surface area (Å²) in [5, 5.41) is 24.5. The fourth-order valence-electron chi connectivity index (χ4n) is 3.13. The summed E-state index contributed by atoms with van der Waals surface area (Å²) in [4.78, 5) is 25.4. The van der Waals surface area contributed by atoms with Crippen molar-refractivity contribution in [3.63, 3.8) is 0 Å². The summed E-state index contributed by atoms with van der Waals surface area (Å²) in [7, 11) is 1.32. The van der Waals surface area contributed by atoms with E-state index in [4.69, 9.17) is 0 Å². The molecular weight excluding hydrogens is 456 g/mol. The molecule has 4 rings (SSSR count). The van der Waals surface area contributed by atoms with Gasteiger partial charge in [-0.1, -0.05) is 42.1 Å². The quantitative estimate of drug-likeness (QED) is 0.285. The number of carbonyl (C=O) groups is 2. The highest BCUT2D eigenvalue weighted by molar-refractivity contribution is 7.99. The molecule has 0 spiro atoms. The molecule has 0 unspecified atom stereocenters. The second-order valence-electron chi connectivity index (χ2n) is 7.06. The number of benzene rings is 2. The number of esters is 1. The number of carbonyl (C=O) groups excluding carboxylic acids is 2. The summed E-state index contributed by atoms with van der Waals surface area (Å²) in [6.07, 6.45) is 0. The zero-order chi connectivity index (χ0) is 23.9. The van der Waals surface area contributed by atoms with Gasteiger partial charge in [0.1, 0.15) is 6.54 Å². The standard InChI is InChI=1S/C22H22N8O3S/c1-3-29-18(13-30-27-20(25-28-30)15-7-5-4-6-8-15)24-26-22(29)34-14-19(31)23-17-11-9-16(10-12-17)21(32)33-2/h4-12H,3,13-14H2,1-2H3,(H,23,31). The molecule has 1 N–H and O–H groups in total. The first kappa shape index (κ1) is 23.1. The van der Waals surface area contributed by atoms with E-state index >= 15 is 0 Å². The Balaban J connectivity index is 1.36. The fourth-order valence-corrected chi connectivity index (χ4v) is 3.96. The van der Waals surface area contributed by atoms with Crippen molar-refractivity contribution in [2.75, 3.05) is 18.2 Å². The van der Waals surface area contributed by atoms with Crippen molar-refractivity contribution in [1.82, 2.24) is 35.0 Å². The number of thioether (sulfide) groups is 1. The molecule has 0 atom stereocenters. The van der Waals surface area contributed by atoms with Crippen LogP contribution in [-0.2, 0) is 22.6 Å². The van der Waals surface area contributed by atoms with Gasteiger partial charge in [-0.25, -0.2) is 4.79 Å². The SMILES string of the molecule is CCn1c(Cn2nnc(-c3ccccc3)n2)nnc1SCC(=O)Nc1ccc(C(=O)OC)cc1. The minimum Gasteiger partial charge on any atom is -0.465 e. The van der Waals surface area contributed by atoms with Crippen LogP contribution in [0.5, 0.6) is 0 Å². The molecule has 2 aromatic heterocycles. The molecule has 0 aliphatic rings. The molecule has 0 saturated carbocycles. The highest BCUT2D eigenvalue weighted by Crippen LogP contribution is 2.19. The van der Waals surface area contributed by atoms with E-state index in [1.807, 2.05) is 41.8 Å². The summed E-state index contributed by atoms with van der Waals surface area (Å²) in [6.45, 7) is 2.91. The number of nitrogens with zero attached hydrogens (tertiary/aromatic N) is 7. The maximum Gasteiger partial charge on any atom is 0.337 e. The lowest BCUT2D eigenvalue weighted by atomic mass is 10.2. The fraction of sp³-hybridized carbons (Fsp3) is 0.227. The van der Waals surface area contributed by atoms with Crippen molar-refractivity contribution < 1.29 is 14.3 Å². The van der Waals surface area contributed by atoms with Crippen molar-refractivity contribution in [3.05, 3.63) is 66.0 Å². The normalized spacial score (nSPS) is 10.8. The van der Waals surface area contributed by atoms with Gasteiger partial charge in [-0.2, -0.15) is 4.80 Å². The average molecular weight is 479 g/mol. The third-order valence-corrected chi connectivity index (χ3v) is 5.77. The van der Waals surface area contributed by atoms with Crippen LogP contribution in [0, 0.1) is 0 Å². The second-order valence-corrected chi connectivity index (χ2v) is 8.00. The summed E-state index contributed by atoms with van der Waals surface area (Å²) >= 11 is 1.28. The minimum atomic E-state index is -0.430. The monoisotopic (exact) mass is 478 g/mol. The molecule has 0 aliphatic carbocycles. The third-order valence-electron chi connectivity index (χ3n) is 4.80. The lowest BCUT2D eigenvalue weighted by Crippen LogP contribution is -2.15. The van der Waals surface area contributed by atoms with Gasteiger partial charge in [-0.05, 0) is 36.4 Å². The zero-order valence-electron chi connectivity index (χ0n) is 18.6. The van der Waals surface area contributed by atoms with E-state index < -0.39 is 5.97 Å². The maximum absolute atomic E-state index is 12.4. The van der Waals surface area contributed by atoms with E-state index in [0.717, 1.165) is 5.56 Å². The first-order valence-electron chi connectivity index (χ1n) is 10.4. The van der Waals surface area contributed by atoms with Crippen molar-refractivity contribution in [3.8, 4) is 11.4 Å². The Bertz CT molecular complexity index is 1270. The van der Waals surface area contributed by atoms with Crippen molar-refractivity contribution >= 4 is 29.3 Å². The summed E-state index contributed by atoms with van der Waals surface area (Å²) < 4.78 is 6.58. The predicted molar refractivity (Wildman–Crippen MR) is 125 cm³/mol. The Morgan fingerprint density at radius 3 is 2.50 bits per heavy atom. The van der Waals surface area contributed by atoms with Gasteiger partial charge in [0.2, 0.25) is 11.7 Å². The van der Waals surface area contributed by atoms with Crippen LogP contribution < -0.4 is 5.32 Å². The highest BCUT2D eigenvalue weighted by Gasteiger charge is 2.15. The Labute approximate surface area is 199 Å². The van der Waals surface area contributed by atoms with Gasteiger partial charge in [0.15, 0.2) is 11.0 Å². The van der Waals surface area contributed by atoms with Crippen molar-refractivity contribution in [1.29, 1.82) is 0 Å². The molecule has 11 nitrogen and oxygen atoms in total. The molecule has 0 fully saturated rings. The number of amides is 1. The average Bonchev–Trinajstić information content (AvgIpc) is 3.50. The minimum absolute atomic E-state index is 0.149. The van der Waals surface area contributed by atoms with Gasteiger partial charge >= 0.3 is 5.97 Å². The van der Waals surface area contributed by atoms with E-state index in [1.165, 1.54) is 23.7 Å². The topological polar surface area (TPSA) is 130 Å².